The molecule has 0 aromatic rings. The summed E-state index contributed by atoms with van der Waals surface area (Å²) in [6.07, 6.45) is 12.0. The molecule has 2 unspecified atom stereocenters. The van der Waals surface area contributed by atoms with Gasteiger partial charge in [-0.15, -0.1) is 0 Å². The monoisotopic (exact) mass is 245 g/mol. The molecular formula is C13H27NOS. The number of unbranched alkanes of at least 4 members (excludes halogenated alkanes) is 3. The van der Waals surface area contributed by atoms with Crippen LogP contribution in [0.15, 0.2) is 0 Å². The lowest BCUT2D eigenvalue weighted by molar-refractivity contribution is 0.0909. The first-order valence-corrected chi connectivity index (χ1v) is 8.14. The fourth-order valence-corrected chi connectivity index (χ4v) is 2.85. The van der Waals surface area contributed by atoms with Crippen molar-refractivity contribution in [1.82, 2.24) is 5.32 Å². The molecule has 16 heavy (non-hydrogen) atoms. The predicted octanol–water partition coefficient (Wildman–Crippen LogP) is 2.80. The molecule has 0 radical (unpaired) electrons. The van der Waals surface area contributed by atoms with Crippen LogP contribution in [0.2, 0.25) is 0 Å². The molecule has 1 fully saturated rings. The molecule has 0 saturated heterocycles. The van der Waals surface area contributed by atoms with E-state index in [0.29, 0.717) is 6.04 Å². The highest BCUT2D eigenvalue weighted by molar-refractivity contribution is 7.98. The van der Waals surface area contributed by atoms with Crippen molar-refractivity contribution >= 4 is 11.8 Å². The first-order chi connectivity index (χ1) is 7.84. The van der Waals surface area contributed by atoms with Gasteiger partial charge in [-0.25, -0.2) is 0 Å². The predicted molar refractivity (Wildman–Crippen MR) is 73.1 cm³/mol. The van der Waals surface area contributed by atoms with E-state index >= 15 is 0 Å². The van der Waals surface area contributed by atoms with Gasteiger partial charge in [-0.05, 0) is 44.2 Å². The molecule has 1 rings (SSSR count). The van der Waals surface area contributed by atoms with Crippen molar-refractivity contribution in [3.05, 3.63) is 0 Å². The minimum atomic E-state index is -0.0924. The third kappa shape index (κ3) is 6.12. The zero-order valence-electron chi connectivity index (χ0n) is 10.6. The van der Waals surface area contributed by atoms with Gasteiger partial charge in [0, 0.05) is 6.04 Å². The minimum absolute atomic E-state index is 0.0924. The SMILES string of the molecule is CSCCCCCCNC1CCCCC1O. The number of rotatable bonds is 8. The highest BCUT2D eigenvalue weighted by Gasteiger charge is 2.21. The van der Waals surface area contributed by atoms with Gasteiger partial charge in [0.2, 0.25) is 0 Å². The number of aliphatic hydroxyl groups is 1. The van der Waals surface area contributed by atoms with Crippen molar-refractivity contribution in [3.8, 4) is 0 Å². The Morgan fingerprint density at radius 1 is 1.12 bits per heavy atom. The van der Waals surface area contributed by atoms with Crippen LogP contribution in [0.3, 0.4) is 0 Å². The smallest absolute Gasteiger partial charge is 0.0693 e. The topological polar surface area (TPSA) is 32.3 Å². The normalized spacial score (nSPS) is 25.9. The first-order valence-electron chi connectivity index (χ1n) is 6.75. The molecule has 1 aliphatic carbocycles. The molecule has 2 atom stereocenters. The van der Waals surface area contributed by atoms with Crippen LogP contribution in [-0.2, 0) is 0 Å². The van der Waals surface area contributed by atoms with Crippen LogP contribution >= 0.6 is 11.8 Å². The lowest BCUT2D eigenvalue weighted by Gasteiger charge is -2.28. The van der Waals surface area contributed by atoms with Gasteiger partial charge < -0.3 is 10.4 Å². The van der Waals surface area contributed by atoms with Crippen molar-refractivity contribution in [2.75, 3.05) is 18.6 Å². The largest absolute Gasteiger partial charge is 0.392 e. The Bertz CT molecular complexity index is 166. The Hall–Kier alpha value is 0.270. The van der Waals surface area contributed by atoms with Crippen molar-refractivity contribution in [2.24, 2.45) is 0 Å². The summed E-state index contributed by atoms with van der Waals surface area (Å²) in [5, 5.41) is 13.3. The second-order valence-electron chi connectivity index (χ2n) is 4.82. The van der Waals surface area contributed by atoms with E-state index in [4.69, 9.17) is 0 Å². The van der Waals surface area contributed by atoms with Crippen molar-refractivity contribution in [1.29, 1.82) is 0 Å². The molecule has 3 heteroatoms. The van der Waals surface area contributed by atoms with Crippen LogP contribution in [0.1, 0.15) is 51.4 Å². The van der Waals surface area contributed by atoms with Crippen molar-refractivity contribution in [2.45, 2.75) is 63.5 Å². The molecule has 0 spiro atoms. The van der Waals surface area contributed by atoms with Crippen LogP contribution in [0.25, 0.3) is 0 Å². The zero-order chi connectivity index (χ0) is 11.6. The van der Waals surface area contributed by atoms with E-state index in [1.54, 1.807) is 0 Å². The Kier molecular flexibility index (Phi) is 8.34. The first kappa shape index (κ1) is 14.3. The molecule has 0 aliphatic heterocycles. The van der Waals surface area contributed by atoms with Gasteiger partial charge in [0.25, 0.3) is 0 Å². The average molecular weight is 245 g/mol. The van der Waals surface area contributed by atoms with Crippen LogP contribution in [0, 0.1) is 0 Å². The zero-order valence-corrected chi connectivity index (χ0v) is 11.4. The molecule has 1 saturated carbocycles. The van der Waals surface area contributed by atoms with Crippen molar-refractivity contribution in [3.63, 3.8) is 0 Å². The minimum Gasteiger partial charge on any atom is -0.392 e. The number of nitrogens with one attached hydrogen (secondary N) is 1. The molecule has 0 aromatic carbocycles. The van der Waals surface area contributed by atoms with Crippen LogP contribution in [-0.4, -0.2) is 35.8 Å². The van der Waals surface area contributed by atoms with E-state index in [0.717, 1.165) is 19.4 Å². The summed E-state index contributed by atoms with van der Waals surface area (Å²) in [6, 6.07) is 0.375. The molecule has 2 N–H and O–H groups in total. The summed E-state index contributed by atoms with van der Waals surface area (Å²) in [5.74, 6) is 1.30. The Balaban J connectivity index is 1.90. The lowest BCUT2D eigenvalue weighted by atomic mass is 9.92. The highest BCUT2D eigenvalue weighted by Crippen LogP contribution is 2.18. The van der Waals surface area contributed by atoms with Crippen molar-refractivity contribution < 1.29 is 5.11 Å². The van der Waals surface area contributed by atoms with E-state index < -0.39 is 0 Å². The average Bonchev–Trinajstić information content (AvgIpc) is 2.30. The summed E-state index contributed by atoms with van der Waals surface area (Å²) in [5.41, 5.74) is 0. The third-order valence-electron chi connectivity index (χ3n) is 3.41. The summed E-state index contributed by atoms with van der Waals surface area (Å²) in [6.45, 7) is 1.08. The molecule has 0 amide bonds. The molecule has 0 heterocycles. The van der Waals surface area contributed by atoms with E-state index in [9.17, 15) is 5.11 Å². The van der Waals surface area contributed by atoms with E-state index in [1.807, 2.05) is 11.8 Å². The quantitative estimate of drug-likeness (QED) is 0.645. The molecule has 96 valence electrons. The van der Waals surface area contributed by atoms with Gasteiger partial charge in [0.1, 0.15) is 0 Å². The summed E-state index contributed by atoms with van der Waals surface area (Å²) in [7, 11) is 0. The van der Waals surface area contributed by atoms with Crippen LogP contribution < -0.4 is 5.32 Å². The van der Waals surface area contributed by atoms with Gasteiger partial charge in [-0.1, -0.05) is 25.7 Å². The Morgan fingerprint density at radius 3 is 2.62 bits per heavy atom. The van der Waals surface area contributed by atoms with E-state index in [-0.39, 0.29) is 6.10 Å². The summed E-state index contributed by atoms with van der Waals surface area (Å²) in [4.78, 5) is 0. The summed E-state index contributed by atoms with van der Waals surface area (Å²) < 4.78 is 0. The van der Waals surface area contributed by atoms with E-state index in [1.165, 1.54) is 44.3 Å². The molecule has 1 aliphatic rings. The maximum absolute atomic E-state index is 9.78. The fraction of sp³-hybridized carbons (Fsp3) is 1.00. The van der Waals surface area contributed by atoms with Crippen LogP contribution in [0.4, 0.5) is 0 Å². The van der Waals surface area contributed by atoms with Gasteiger partial charge in [0.05, 0.1) is 6.10 Å². The standard InChI is InChI=1S/C13H27NOS/c1-16-11-7-3-2-6-10-14-12-8-4-5-9-13(12)15/h12-15H,2-11H2,1H3. The van der Waals surface area contributed by atoms with Crippen LogP contribution in [0.5, 0.6) is 0 Å². The van der Waals surface area contributed by atoms with E-state index in [2.05, 4.69) is 11.6 Å². The second-order valence-corrected chi connectivity index (χ2v) is 5.81. The maximum Gasteiger partial charge on any atom is 0.0693 e. The maximum atomic E-state index is 9.78. The highest BCUT2D eigenvalue weighted by atomic mass is 32.2. The van der Waals surface area contributed by atoms with Gasteiger partial charge in [-0.2, -0.15) is 11.8 Å². The number of thioether (sulfide) groups is 1. The number of hydrogen-bond acceptors (Lipinski definition) is 3. The molecule has 0 bridgehead atoms. The van der Waals surface area contributed by atoms with Gasteiger partial charge in [0.15, 0.2) is 0 Å². The fourth-order valence-electron chi connectivity index (χ4n) is 2.36. The Morgan fingerprint density at radius 2 is 1.88 bits per heavy atom. The number of aliphatic hydroxyl groups excluding tert-OH is 1. The second kappa shape index (κ2) is 9.32. The van der Waals surface area contributed by atoms with Gasteiger partial charge in [-0.3, -0.25) is 0 Å². The Labute approximate surface area is 105 Å². The number of hydrogen-bond donors (Lipinski definition) is 2. The lowest BCUT2D eigenvalue weighted by Crippen LogP contribution is -2.42. The molecule has 0 aromatic heterocycles. The summed E-state index contributed by atoms with van der Waals surface area (Å²) >= 11 is 1.94. The third-order valence-corrected chi connectivity index (χ3v) is 4.11. The molecular weight excluding hydrogens is 218 g/mol. The molecule has 2 nitrogen and oxygen atoms in total. The van der Waals surface area contributed by atoms with Gasteiger partial charge >= 0.3 is 0 Å².